The number of halogens is 1. The summed E-state index contributed by atoms with van der Waals surface area (Å²) in [5.74, 6) is 2.20. The molecule has 1 atom stereocenters. The Morgan fingerprint density at radius 2 is 1.89 bits per heavy atom. The number of carbonyl (C=O) groups excluding carboxylic acids is 1. The van der Waals surface area contributed by atoms with Gasteiger partial charge in [0.05, 0.1) is 19.6 Å². The molecule has 2 fully saturated rings. The van der Waals surface area contributed by atoms with E-state index in [-0.39, 0.29) is 17.1 Å². The fraction of sp³-hybridized carbons (Fsp3) is 0.381. The number of hydrogen-bond acceptors (Lipinski definition) is 4. The van der Waals surface area contributed by atoms with E-state index in [1.54, 1.807) is 38.1 Å². The molecule has 27 heavy (non-hydrogen) atoms. The van der Waals surface area contributed by atoms with Gasteiger partial charge in [0.25, 0.3) is 0 Å². The molecule has 0 N–H and O–H groups in total. The summed E-state index contributed by atoms with van der Waals surface area (Å²) < 4.78 is 24.2. The van der Waals surface area contributed by atoms with Crippen LogP contribution in [0.2, 0.25) is 0 Å². The molecule has 1 heterocycles. The summed E-state index contributed by atoms with van der Waals surface area (Å²) in [6, 6.07) is 12.0. The van der Waals surface area contributed by atoms with E-state index in [1.165, 1.54) is 12.1 Å². The van der Waals surface area contributed by atoms with E-state index < -0.39 is 5.41 Å². The van der Waals surface area contributed by atoms with E-state index in [9.17, 15) is 9.18 Å². The fourth-order valence-corrected chi connectivity index (χ4v) is 5.03. The molecule has 1 unspecified atom stereocenters. The minimum atomic E-state index is -0.511. The van der Waals surface area contributed by atoms with E-state index in [0.29, 0.717) is 6.54 Å². The van der Waals surface area contributed by atoms with E-state index in [2.05, 4.69) is 0 Å². The number of methoxy groups -OCH3 is 2. The van der Waals surface area contributed by atoms with Crippen LogP contribution in [0.5, 0.6) is 11.5 Å². The lowest BCUT2D eigenvalue weighted by molar-refractivity contribution is -0.134. The minimum absolute atomic E-state index is 0.111. The number of rotatable bonds is 5. The Labute approximate surface area is 162 Å². The van der Waals surface area contributed by atoms with Gasteiger partial charge in [0.15, 0.2) is 0 Å². The Kier molecular flexibility index (Phi) is 4.76. The van der Waals surface area contributed by atoms with Crippen molar-refractivity contribution in [2.45, 2.75) is 23.6 Å². The molecule has 4 nitrogen and oxygen atoms in total. The first-order valence-corrected chi connectivity index (χ1v) is 10.0. The Morgan fingerprint density at radius 3 is 2.52 bits per heavy atom. The molecule has 1 saturated heterocycles. The van der Waals surface area contributed by atoms with Gasteiger partial charge in [-0.3, -0.25) is 4.79 Å². The maximum absolute atomic E-state index is 13.5. The van der Waals surface area contributed by atoms with Crippen molar-refractivity contribution in [1.82, 2.24) is 4.90 Å². The number of nitrogens with zero attached hydrogens (tertiary/aromatic N) is 1. The molecule has 1 aliphatic heterocycles. The Bertz CT molecular complexity index is 851. The van der Waals surface area contributed by atoms with E-state index >= 15 is 0 Å². The molecule has 2 aromatic carbocycles. The van der Waals surface area contributed by atoms with Gasteiger partial charge in [0.1, 0.15) is 22.7 Å². The molecule has 1 amide bonds. The average Bonchev–Trinajstić information content (AvgIpc) is 3.37. The summed E-state index contributed by atoms with van der Waals surface area (Å²) in [7, 11) is 3.27. The van der Waals surface area contributed by atoms with E-state index in [4.69, 9.17) is 9.47 Å². The van der Waals surface area contributed by atoms with E-state index in [1.807, 2.05) is 23.1 Å². The number of carbonyl (C=O) groups is 1. The molecule has 4 rings (SSSR count). The second kappa shape index (κ2) is 7.08. The van der Waals surface area contributed by atoms with Crippen molar-refractivity contribution < 1.29 is 18.7 Å². The highest BCUT2D eigenvalue weighted by atomic mass is 32.2. The van der Waals surface area contributed by atoms with Crippen molar-refractivity contribution in [1.29, 1.82) is 0 Å². The number of benzene rings is 2. The van der Waals surface area contributed by atoms with Crippen molar-refractivity contribution in [3.63, 3.8) is 0 Å². The highest BCUT2D eigenvalue weighted by Crippen LogP contribution is 2.53. The van der Waals surface area contributed by atoms with Crippen LogP contribution in [-0.2, 0) is 10.2 Å². The molecule has 0 spiro atoms. The number of thioether (sulfide) groups is 1. The molecule has 6 heteroatoms. The normalized spacial score (nSPS) is 20.4. The van der Waals surface area contributed by atoms with Crippen LogP contribution >= 0.6 is 11.8 Å². The van der Waals surface area contributed by atoms with Gasteiger partial charge in [-0.05, 0) is 48.7 Å². The van der Waals surface area contributed by atoms with Crippen molar-refractivity contribution in [3.8, 4) is 11.5 Å². The van der Waals surface area contributed by atoms with Crippen molar-refractivity contribution in [3.05, 3.63) is 59.4 Å². The predicted octanol–water partition coefficient (Wildman–Crippen LogP) is 4.15. The number of ether oxygens (including phenoxy) is 2. The maximum atomic E-state index is 13.5. The third kappa shape index (κ3) is 3.16. The third-order valence-electron chi connectivity index (χ3n) is 5.41. The van der Waals surface area contributed by atoms with Crippen LogP contribution in [0.15, 0.2) is 42.5 Å². The largest absolute Gasteiger partial charge is 0.497 e. The molecule has 2 aliphatic rings. The lowest BCUT2D eigenvalue weighted by Gasteiger charge is -2.29. The van der Waals surface area contributed by atoms with Gasteiger partial charge in [0, 0.05) is 17.9 Å². The van der Waals surface area contributed by atoms with Gasteiger partial charge in [-0.1, -0.05) is 12.1 Å². The Balaban J connectivity index is 1.66. The van der Waals surface area contributed by atoms with Gasteiger partial charge >= 0.3 is 0 Å². The zero-order valence-electron chi connectivity index (χ0n) is 15.4. The quantitative estimate of drug-likeness (QED) is 0.773. The van der Waals surface area contributed by atoms with Crippen LogP contribution in [0.4, 0.5) is 4.39 Å². The smallest absolute Gasteiger partial charge is 0.234 e. The summed E-state index contributed by atoms with van der Waals surface area (Å²) in [6.45, 7) is 0.692. The van der Waals surface area contributed by atoms with Crippen LogP contribution < -0.4 is 9.47 Å². The molecule has 142 valence electrons. The molecule has 2 aromatic rings. The summed E-state index contributed by atoms with van der Waals surface area (Å²) in [5, 5.41) is -0.111. The molecule has 1 aliphatic carbocycles. The third-order valence-corrected chi connectivity index (χ3v) is 6.65. The van der Waals surface area contributed by atoms with Crippen molar-refractivity contribution in [2.75, 3.05) is 26.5 Å². The lowest BCUT2D eigenvalue weighted by atomic mass is 9.94. The summed E-state index contributed by atoms with van der Waals surface area (Å²) in [5.41, 5.74) is 1.34. The Hall–Kier alpha value is -2.21. The minimum Gasteiger partial charge on any atom is -0.497 e. The van der Waals surface area contributed by atoms with E-state index in [0.717, 1.165) is 41.2 Å². The zero-order chi connectivity index (χ0) is 19.0. The lowest BCUT2D eigenvalue weighted by Crippen LogP contribution is -2.39. The molecule has 0 aromatic heterocycles. The summed E-state index contributed by atoms with van der Waals surface area (Å²) in [4.78, 5) is 15.4. The van der Waals surface area contributed by atoms with Crippen molar-refractivity contribution in [2.24, 2.45) is 0 Å². The van der Waals surface area contributed by atoms with Crippen LogP contribution in [0, 0.1) is 5.82 Å². The molecular weight excluding hydrogens is 365 g/mol. The molecule has 0 bridgehead atoms. The van der Waals surface area contributed by atoms with Gasteiger partial charge in [-0.2, -0.15) is 0 Å². The van der Waals surface area contributed by atoms with Crippen LogP contribution in [0.1, 0.15) is 29.3 Å². The first-order chi connectivity index (χ1) is 13.1. The van der Waals surface area contributed by atoms with Crippen molar-refractivity contribution >= 4 is 17.7 Å². The van der Waals surface area contributed by atoms with Gasteiger partial charge in [0.2, 0.25) is 5.91 Å². The summed E-state index contributed by atoms with van der Waals surface area (Å²) in [6.07, 6.45) is 1.61. The summed E-state index contributed by atoms with van der Waals surface area (Å²) >= 11 is 1.73. The van der Waals surface area contributed by atoms with Crippen LogP contribution in [-0.4, -0.2) is 37.3 Å². The number of hydrogen-bond donors (Lipinski definition) is 0. The topological polar surface area (TPSA) is 38.8 Å². The van der Waals surface area contributed by atoms with Crippen LogP contribution in [0.25, 0.3) is 0 Å². The first-order valence-electron chi connectivity index (χ1n) is 9.00. The second-order valence-electron chi connectivity index (χ2n) is 6.92. The zero-order valence-corrected chi connectivity index (χ0v) is 16.2. The first kappa shape index (κ1) is 18.2. The average molecular weight is 387 g/mol. The molecule has 0 radical (unpaired) electrons. The highest BCUT2D eigenvalue weighted by Gasteiger charge is 2.54. The molecule has 1 saturated carbocycles. The Morgan fingerprint density at radius 1 is 1.15 bits per heavy atom. The predicted molar refractivity (Wildman–Crippen MR) is 104 cm³/mol. The maximum Gasteiger partial charge on any atom is 0.234 e. The molecular formula is C21H22FNO3S. The van der Waals surface area contributed by atoms with Gasteiger partial charge in [-0.25, -0.2) is 4.39 Å². The standard InChI is InChI=1S/C21H22FNO3S/c1-25-16-7-8-18(26-2)17(13-16)19-23(11-12-27-19)20(24)21(9-10-21)14-3-5-15(22)6-4-14/h3-8,13,19H,9-12H2,1-2H3. The second-order valence-corrected chi connectivity index (χ2v) is 8.11. The SMILES string of the molecule is COc1ccc(OC)c(C2SCCN2C(=O)C2(c3ccc(F)cc3)CC2)c1. The number of amides is 1. The van der Waals surface area contributed by atoms with Gasteiger partial charge < -0.3 is 14.4 Å². The fourth-order valence-electron chi connectivity index (χ4n) is 3.76. The highest BCUT2D eigenvalue weighted by molar-refractivity contribution is 7.99. The monoisotopic (exact) mass is 387 g/mol. The van der Waals surface area contributed by atoms with Gasteiger partial charge in [-0.15, -0.1) is 11.8 Å². The van der Waals surface area contributed by atoms with Crippen LogP contribution in [0.3, 0.4) is 0 Å².